The number of aliphatic hydroxyl groups excluding tert-OH is 1. The van der Waals surface area contributed by atoms with Crippen molar-refractivity contribution in [2.75, 3.05) is 6.54 Å². The molecule has 0 bridgehead atoms. The third-order valence-corrected chi connectivity index (χ3v) is 1.63. The zero-order chi connectivity index (χ0) is 8.85. The maximum atomic E-state index is 10.6. The SMILES string of the molecule is CC.CC(=O)C1NCCC1O. The predicted octanol–water partition coefficient (Wildman–Crippen LogP) is 0.324. The first-order valence-electron chi connectivity index (χ1n) is 4.13. The van der Waals surface area contributed by atoms with Crippen LogP contribution < -0.4 is 5.32 Å². The summed E-state index contributed by atoms with van der Waals surface area (Å²) in [6.07, 6.45) is 0.243. The van der Waals surface area contributed by atoms with Crippen LogP contribution in [0.2, 0.25) is 0 Å². The van der Waals surface area contributed by atoms with Gasteiger partial charge in [-0.15, -0.1) is 0 Å². The van der Waals surface area contributed by atoms with E-state index in [4.69, 9.17) is 5.11 Å². The predicted molar refractivity (Wildman–Crippen MR) is 44.4 cm³/mol. The summed E-state index contributed by atoms with van der Waals surface area (Å²) in [6, 6.07) is -0.301. The number of rotatable bonds is 1. The number of aliphatic hydroxyl groups is 1. The van der Waals surface area contributed by atoms with Crippen LogP contribution in [0.25, 0.3) is 0 Å². The molecule has 2 N–H and O–H groups in total. The molecule has 11 heavy (non-hydrogen) atoms. The average molecular weight is 159 g/mol. The number of carbonyl (C=O) groups excluding carboxylic acids is 1. The zero-order valence-electron chi connectivity index (χ0n) is 7.42. The van der Waals surface area contributed by atoms with E-state index < -0.39 is 6.10 Å². The highest BCUT2D eigenvalue weighted by Crippen LogP contribution is 2.06. The fraction of sp³-hybridized carbons (Fsp3) is 0.875. The molecule has 1 fully saturated rings. The Labute approximate surface area is 67.8 Å². The van der Waals surface area contributed by atoms with Crippen molar-refractivity contribution in [3.05, 3.63) is 0 Å². The molecular formula is C8H17NO2. The third-order valence-electron chi connectivity index (χ3n) is 1.63. The Morgan fingerprint density at radius 2 is 2.09 bits per heavy atom. The Morgan fingerprint density at radius 1 is 1.55 bits per heavy atom. The number of carbonyl (C=O) groups is 1. The number of hydrogen-bond acceptors (Lipinski definition) is 3. The molecule has 0 aromatic heterocycles. The number of ketones is 1. The second kappa shape index (κ2) is 5.27. The molecule has 1 aliphatic rings. The van der Waals surface area contributed by atoms with Crippen LogP contribution in [0.1, 0.15) is 27.2 Å². The Kier molecular flexibility index (Phi) is 5.07. The molecule has 1 heterocycles. The van der Waals surface area contributed by atoms with E-state index in [1.807, 2.05) is 13.8 Å². The molecule has 0 amide bonds. The van der Waals surface area contributed by atoms with Gasteiger partial charge in [-0.1, -0.05) is 13.8 Å². The topological polar surface area (TPSA) is 49.3 Å². The van der Waals surface area contributed by atoms with E-state index in [0.717, 1.165) is 6.54 Å². The lowest BCUT2D eigenvalue weighted by atomic mass is 10.1. The summed E-state index contributed by atoms with van der Waals surface area (Å²) >= 11 is 0. The van der Waals surface area contributed by atoms with Gasteiger partial charge < -0.3 is 10.4 Å². The van der Waals surface area contributed by atoms with Crippen molar-refractivity contribution in [3.8, 4) is 0 Å². The second-order valence-electron chi connectivity index (χ2n) is 2.40. The molecule has 0 radical (unpaired) electrons. The van der Waals surface area contributed by atoms with Crippen LogP contribution in [-0.2, 0) is 4.79 Å². The summed E-state index contributed by atoms with van der Waals surface area (Å²) < 4.78 is 0. The van der Waals surface area contributed by atoms with E-state index in [2.05, 4.69) is 5.32 Å². The van der Waals surface area contributed by atoms with Crippen molar-refractivity contribution in [1.29, 1.82) is 0 Å². The van der Waals surface area contributed by atoms with Crippen LogP contribution in [0.15, 0.2) is 0 Å². The lowest BCUT2D eigenvalue weighted by Gasteiger charge is -2.08. The largest absolute Gasteiger partial charge is 0.391 e. The highest BCUT2D eigenvalue weighted by molar-refractivity contribution is 5.82. The first-order valence-corrected chi connectivity index (χ1v) is 4.13. The van der Waals surface area contributed by atoms with Gasteiger partial charge in [0.15, 0.2) is 0 Å². The Morgan fingerprint density at radius 3 is 2.27 bits per heavy atom. The van der Waals surface area contributed by atoms with E-state index in [-0.39, 0.29) is 11.8 Å². The Bertz CT molecular complexity index is 125. The second-order valence-corrected chi connectivity index (χ2v) is 2.40. The quantitative estimate of drug-likeness (QED) is 0.579. The van der Waals surface area contributed by atoms with Gasteiger partial charge in [0, 0.05) is 0 Å². The minimum absolute atomic E-state index is 0.0278. The van der Waals surface area contributed by atoms with Crippen molar-refractivity contribution in [2.45, 2.75) is 39.3 Å². The minimum atomic E-state index is -0.456. The summed E-state index contributed by atoms with van der Waals surface area (Å²) in [5.74, 6) is 0.0278. The van der Waals surface area contributed by atoms with Gasteiger partial charge in [0.1, 0.15) is 5.78 Å². The average Bonchev–Trinajstić information content (AvgIpc) is 2.39. The maximum absolute atomic E-state index is 10.6. The zero-order valence-corrected chi connectivity index (χ0v) is 7.42. The van der Waals surface area contributed by atoms with Gasteiger partial charge in [-0.3, -0.25) is 4.79 Å². The van der Waals surface area contributed by atoms with Crippen molar-refractivity contribution in [2.24, 2.45) is 0 Å². The highest BCUT2D eigenvalue weighted by Gasteiger charge is 2.27. The fourth-order valence-electron chi connectivity index (χ4n) is 1.10. The van der Waals surface area contributed by atoms with Crippen LogP contribution in [0, 0.1) is 0 Å². The standard InChI is InChI=1S/C6H11NO2.C2H6/c1-4(8)6-5(9)2-3-7-6;1-2/h5-7,9H,2-3H2,1H3;1-2H3. The summed E-state index contributed by atoms with van der Waals surface area (Å²) in [5, 5.41) is 12.0. The summed E-state index contributed by atoms with van der Waals surface area (Å²) in [5.41, 5.74) is 0. The number of nitrogens with one attached hydrogen (secondary N) is 1. The smallest absolute Gasteiger partial charge is 0.149 e. The molecule has 3 heteroatoms. The van der Waals surface area contributed by atoms with Crippen molar-refractivity contribution < 1.29 is 9.90 Å². The minimum Gasteiger partial charge on any atom is -0.391 e. The van der Waals surface area contributed by atoms with E-state index in [9.17, 15) is 4.79 Å². The van der Waals surface area contributed by atoms with E-state index in [1.165, 1.54) is 6.92 Å². The van der Waals surface area contributed by atoms with Crippen LogP contribution in [0.4, 0.5) is 0 Å². The molecule has 0 aromatic rings. The molecule has 66 valence electrons. The van der Waals surface area contributed by atoms with E-state index in [0.29, 0.717) is 6.42 Å². The molecular weight excluding hydrogens is 142 g/mol. The third kappa shape index (κ3) is 2.99. The molecule has 1 rings (SSSR count). The van der Waals surface area contributed by atoms with Gasteiger partial charge in [-0.05, 0) is 19.9 Å². The van der Waals surface area contributed by atoms with Crippen LogP contribution >= 0.6 is 0 Å². The molecule has 3 nitrogen and oxygen atoms in total. The van der Waals surface area contributed by atoms with Crippen LogP contribution in [-0.4, -0.2) is 29.6 Å². The molecule has 1 aliphatic heterocycles. The molecule has 1 saturated heterocycles. The first kappa shape index (κ1) is 10.6. The number of hydrogen-bond donors (Lipinski definition) is 2. The molecule has 0 saturated carbocycles. The molecule has 0 aromatic carbocycles. The summed E-state index contributed by atoms with van der Waals surface area (Å²) in [7, 11) is 0. The fourth-order valence-corrected chi connectivity index (χ4v) is 1.10. The molecule has 0 spiro atoms. The lowest BCUT2D eigenvalue weighted by Crippen LogP contribution is -2.36. The normalized spacial score (nSPS) is 29.1. The summed E-state index contributed by atoms with van der Waals surface area (Å²) in [4.78, 5) is 10.6. The maximum Gasteiger partial charge on any atom is 0.149 e. The van der Waals surface area contributed by atoms with Gasteiger partial charge in [-0.25, -0.2) is 0 Å². The van der Waals surface area contributed by atoms with Gasteiger partial charge in [0.05, 0.1) is 12.1 Å². The highest BCUT2D eigenvalue weighted by atomic mass is 16.3. The van der Waals surface area contributed by atoms with Crippen molar-refractivity contribution in [1.82, 2.24) is 5.32 Å². The van der Waals surface area contributed by atoms with Crippen LogP contribution in [0.3, 0.4) is 0 Å². The monoisotopic (exact) mass is 159 g/mol. The summed E-state index contributed by atoms with van der Waals surface area (Å²) in [6.45, 7) is 6.25. The van der Waals surface area contributed by atoms with Gasteiger partial charge in [0.2, 0.25) is 0 Å². The number of Topliss-reactive ketones (excluding diaryl/α,β-unsaturated/α-hetero) is 1. The Balaban J connectivity index is 0.000000461. The van der Waals surface area contributed by atoms with E-state index >= 15 is 0 Å². The van der Waals surface area contributed by atoms with Gasteiger partial charge in [-0.2, -0.15) is 0 Å². The van der Waals surface area contributed by atoms with Gasteiger partial charge in [0.25, 0.3) is 0 Å². The van der Waals surface area contributed by atoms with Gasteiger partial charge >= 0.3 is 0 Å². The van der Waals surface area contributed by atoms with Crippen molar-refractivity contribution >= 4 is 5.78 Å². The molecule has 2 unspecified atom stereocenters. The van der Waals surface area contributed by atoms with E-state index in [1.54, 1.807) is 0 Å². The van der Waals surface area contributed by atoms with Crippen LogP contribution in [0.5, 0.6) is 0 Å². The molecule has 0 aliphatic carbocycles. The first-order chi connectivity index (χ1) is 5.22. The Hall–Kier alpha value is -0.410. The van der Waals surface area contributed by atoms with Crippen molar-refractivity contribution in [3.63, 3.8) is 0 Å². The lowest BCUT2D eigenvalue weighted by molar-refractivity contribution is -0.120. The molecule has 2 atom stereocenters.